The van der Waals surface area contributed by atoms with Crippen LogP contribution in [-0.4, -0.2) is 54.8 Å². The van der Waals surface area contributed by atoms with E-state index >= 15 is 0 Å². The minimum absolute atomic E-state index is 0.0615. The van der Waals surface area contributed by atoms with Gasteiger partial charge in [-0.3, -0.25) is 4.79 Å². The third kappa shape index (κ3) is 2.07. The lowest BCUT2D eigenvalue weighted by Crippen LogP contribution is -2.67. The smallest absolute Gasteiger partial charge is 0.258 e. The van der Waals surface area contributed by atoms with E-state index in [4.69, 9.17) is 9.84 Å². The van der Waals surface area contributed by atoms with Crippen molar-refractivity contribution in [1.29, 1.82) is 0 Å². The number of hydrogen-bond acceptors (Lipinski definition) is 5. The van der Waals surface area contributed by atoms with E-state index in [1.165, 1.54) is 13.8 Å². The molecule has 0 bridgehead atoms. The van der Waals surface area contributed by atoms with E-state index in [2.05, 4.69) is 0 Å². The van der Waals surface area contributed by atoms with Crippen LogP contribution in [0.3, 0.4) is 0 Å². The summed E-state index contributed by atoms with van der Waals surface area (Å²) < 4.78 is 27.8. The number of aliphatic hydroxyl groups is 1. The van der Waals surface area contributed by atoms with E-state index in [9.17, 15) is 13.2 Å². The van der Waals surface area contributed by atoms with Gasteiger partial charge in [-0.15, -0.1) is 0 Å². The Morgan fingerprint density at radius 2 is 2.00 bits per heavy atom. The summed E-state index contributed by atoms with van der Waals surface area (Å²) in [6.45, 7) is 3.46. The number of carbonyl (C=O) groups is 1. The molecule has 94 valence electrons. The molecule has 0 radical (unpaired) electrons. The Morgan fingerprint density at radius 1 is 1.38 bits per heavy atom. The molecular weight excluding hydrogens is 234 g/mol. The van der Waals surface area contributed by atoms with Crippen LogP contribution >= 0.6 is 0 Å². The van der Waals surface area contributed by atoms with E-state index < -0.39 is 14.8 Å². The molecule has 1 amide bonds. The molecule has 1 N–H and O–H groups in total. The third-order valence-electron chi connectivity index (χ3n) is 2.56. The Labute approximate surface area is 95.2 Å². The van der Waals surface area contributed by atoms with Gasteiger partial charge in [0.15, 0.2) is 4.75 Å². The Bertz CT molecular complexity index is 362. The highest BCUT2D eigenvalue weighted by Gasteiger charge is 2.59. The number of sulfonamides is 1. The van der Waals surface area contributed by atoms with Crippen molar-refractivity contribution >= 4 is 15.9 Å². The molecule has 0 aliphatic carbocycles. The summed E-state index contributed by atoms with van der Waals surface area (Å²) in [5.74, 6) is -0.366. The van der Waals surface area contributed by atoms with Crippen LogP contribution in [0, 0.1) is 0 Å². The second-order valence-electron chi connectivity index (χ2n) is 4.08. The zero-order valence-corrected chi connectivity index (χ0v) is 10.3. The highest BCUT2D eigenvalue weighted by Crippen LogP contribution is 2.34. The summed E-state index contributed by atoms with van der Waals surface area (Å²) in [5, 5.41) is 8.44. The van der Waals surface area contributed by atoms with Gasteiger partial charge in [0.05, 0.1) is 13.2 Å². The highest BCUT2D eigenvalue weighted by molar-refractivity contribution is 7.94. The molecular formula is C9H17NO5S. The average Bonchev–Trinajstić information content (AvgIpc) is 2.22. The fourth-order valence-corrected chi connectivity index (χ4v) is 3.02. The van der Waals surface area contributed by atoms with E-state index in [1.54, 1.807) is 0 Å². The molecule has 1 saturated heterocycles. The Kier molecular flexibility index (Phi) is 3.92. The van der Waals surface area contributed by atoms with Crippen LogP contribution in [0.5, 0.6) is 0 Å². The van der Waals surface area contributed by atoms with Crippen molar-refractivity contribution in [1.82, 2.24) is 4.31 Å². The predicted molar refractivity (Wildman–Crippen MR) is 57.2 cm³/mol. The van der Waals surface area contributed by atoms with Gasteiger partial charge in [0.1, 0.15) is 0 Å². The number of amides is 1. The third-order valence-corrected chi connectivity index (χ3v) is 4.96. The minimum atomic E-state index is -3.46. The van der Waals surface area contributed by atoms with Gasteiger partial charge in [0.2, 0.25) is 0 Å². The topological polar surface area (TPSA) is 83.9 Å². The first-order valence-corrected chi connectivity index (χ1v) is 6.55. The fraction of sp³-hybridized carbons (Fsp3) is 0.889. The summed E-state index contributed by atoms with van der Waals surface area (Å²) in [6.07, 6.45) is 0.445. The molecule has 6 nitrogen and oxygen atoms in total. The standard InChI is InChI=1S/C9H17NO5S/c1-9(2)8(12)10(16(9,13)14)4-3-6-15-7-5-11/h11H,3-7H2,1-2H3. The second kappa shape index (κ2) is 4.68. The lowest BCUT2D eigenvalue weighted by Gasteiger charge is -2.43. The average molecular weight is 251 g/mol. The number of nitrogens with zero attached hydrogens (tertiary/aromatic N) is 1. The van der Waals surface area contributed by atoms with Crippen molar-refractivity contribution in [3.05, 3.63) is 0 Å². The molecule has 0 saturated carbocycles. The Balaban J connectivity index is 2.38. The van der Waals surface area contributed by atoms with Crippen molar-refractivity contribution in [3.63, 3.8) is 0 Å². The molecule has 0 aromatic heterocycles. The molecule has 1 rings (SSSR count). The normalized spacial score (nSPS) is 21.9. The van der Waals surface area contributed by atoms with Gasteiger partial charge in [-0.2, -0.15) is 0 Å². The first kappa shape index (κ1) is 13.4. The number of rotatable bonds is 6. The maximum atomic E-state index is 11.6. The quantitative estimate of drug-likeness (QED) is 0.633. The van der Waals surface area contributed by atoms with Gasteiger partial charge < -0.3 is 9.84 Å². The van der Waals surface area contributed by atoms with Crippen LogP contribution < -0.4 is 0 Å². The van der Waals surface area contributed by atoms with Gasteiger partial charge in [-0.1, -0.05) is 0 Å². The van der Waals surface area contributed by atoms with Gasteiger partial charge >= 0.3 is 0 Å². The van der Waals surface area contributed by atoms with E-state index in [0.29, 0.717) is 13.0 Å². The van der Waals surface area contributed by atoms with E-state index in [-0.39, 0.29) is 25.7 Å². The van der Waals surface area contributed by atoms with Crippen LogP contribution in [0.1, 0.15) is 20.3 Å². The summed E-state index contributed by atoms with van der Waals surface area (Å²) in [6, 6.07) is 0. The van der Waals surface area contributed by atoms with Gasteiger partial charge in [0, 0.05) is 13.2 Å². The zero-order chi connectivity index (χ0) is 12.4. The van der Waals surface area contributed by atoms with Crippen LogP contribution in [0.4, 0.5) is 0 Å². The van der Waals surface area contributed by atoms with Gasteiger partial charge in [-0.25, -0.2) is 12.7 Å². The molecule has 0 aromatic carbocycles. The summed E-state index contributed by atoms with van der Waals surface area (Å²) in [7, 11) is -3.46. The fourth-order valence-electron chi connectivity index (χ4n) is 1.45. The molecule has 7 heteroatoms. The van der Waals surface area contributed by atoms with Crippen molar-refractivity contribution < 1.29 is 23.1 Å². The SMILES string of the molecule is CC1(C)C(=O)N(CCCOCCO)S1(=O)=O. The maximum absolute atomic E-state index is 11.6. The summed E-state index contributed by atoms with van der Waals surface area (Å²) >= 11 is 0. The Morgan fingerprint density at radius 3 is 2.50 bits per heavy atom. The molecule has 16 heavy (non-hydrogen) atoms. The molecule has 0 unspecified atom stereocenters. The number of ether oxygens (including phenoxy) is 1. The first-order valence-electron chi connectivity index (χ1n) is 5.11. The zero-order valence-electron chi connectivity index (χ0n) is 9.47. The summed E-state index contributed by atoms with van der Waals surface area (Å²) in [5.41, 5.74) is 0. The lowest BCUT2D eigenvalue weighted by molar-refractivity contribution is -0.132. The largest absolute Gasteiger partial charge is 0.394 e. The molecule has 1 fully saturated rings. The van der Waals surface area contributed by atoms with Crippen LogP contribution in [0.25, 0.3) is 0 Å². The number of carbonyl (C=O) groups excluding carboxylic acids is 1. The van der Waals surface area contributed by atoms with Crippen LogP contribution in [-0.2, 0) is 19.6 Å². The van der Waals surface area contributed by atoms with Crippen molar-refractivity contribution in [2.24, 2.45) is 0 Å². The van der Waals surface area contributed by atoms with Gasteiger partial charge in [-0.05, 0) is 20.3 Å². The predicted octanol–water partition coefficient (Wildman–Crippen LogP) is -0.664. The van der Waals surface area contributed by atoms with E-state index in [0.717, 1.165) is 4.31 Å². The van der Waals surface area contributed by atoms with Crippen molar-refractivity contribution in [2.75, 3.05) is 26.4 Å². The lowest BCUT2D eigenvalue weighted by atomic mass is 10.2. The first-order chi connectivity index (χ1) is 7.35. The minimum Gasteiger partial charge on any atom is -0.394 e. The number of aliphatic hydroxyl groups excluding tert-OH is 1. The molecule has 0 spiro atoms. The van der Waals surface area contributed by atoms with Crippen LogP contribution in [0.2, 0.25) is 0 Å². The van der Waals surface area contributed by atoms with Gasteiger partial charge in [0.25, 0.3) is 15.9 Å². The van der Waals surface area contributed by atoms with Crippen molar-refractivity contribution in [2.45, 2.75) is 25.0 Å². The summed E-state index contributed by atoms with van der Waals surface area (Å²) in [4.78, 5) is 11.5. The second-order valence-corrected chi connectivity index (χ2v) is 6.49. The monoisotopic (exact) mass is 251 g/mol. The Hall–Kier alpha value is -0.660. The highest BCUT2D eigenvalue weighted by atomic mass is 32.2. The molecule has 1 aliphatic rings. The maximum Gasteiger partial charge on any atom is 0.258 e. The van der Waals surface area contributed by atoms with E-state index in [1.807, 2.05) is 0 Å². The molecule has 0 aromatic rings. The molecule has 1 aliphatic heterocycles. The molecule has 1 heterocycles. The number of hydrogen-bond donors (Lipinski definition) is 1. The molecule has 0 atom stereocenters. The van der Waals surface area contributed by atoms with Crippen LogP contribution in [0.15, 0.2) is 0 Å². The van der Waals surface area contributed by atoms with Crippen molar-refractivity contribution in [3.8, 4) is 0 Å².